The Morgan fingerprint density at radius 2 is 2.05 bits per heavy atom. The first-order chi connectivity index (χ1) is 9.70. The molecule has 0 bridgehead atoms. The molecule has 100 valence electrons. The fourth-order valence-corrected chi connectivity index (χ4v) is 2.17. The van der Waals surface area contributed by atoms with Crippen molar-refractivity contribution in [2.75, 3.05) is 12.3 Å². The number of hydrogen-bond acceptors (Lipinski definition) is 5. The van der Waals surface area contributed by atoms with Crippen LogP contribution in [0.1, 0.15) is 17.3 Å². The highest BCUT2D eigenvalue weighted by molar-refractivity contribution is 6.08. The van der Waals surface area contributed by atoms with E-state index in [0.29, 0.717) is 12.1 Å². The van der Waals surface area contributed by atoms with Gasteiger partial charge in [0.05, 0.1) is 23.8 Å². The van der Waals surface area contributed by atoms with Crippen molar-refractivity contribution in [1.29, 1.82) is 0 Å². The van der Waals surface area contributed by atoms with E-state index in [0.717, 1.165) is 16.3 Å². The third kappa shape index (κ3) is 1.93. The number of carbonyl (C=O) groups is 1. The zero-order chi connectivity index (χ0) is 14.1. The predicted octanol–water partition coefficient (Wildman–Crippen LogP) is 2.54. The highest BCUT2D eigenvalue weighted by Crippen LogP contribution is 2.25. The van der Waals surface area contributed by atoms with Gasteiger partial charge in [0.15, 0.2) is 0 Å². The third-order valence-corrected chi connectivity index (χ3v) is 3.10. The Morgan fingerprint density at radius 1 is 1.25 bits per heavy atom. The Kier molecular flexibility index (Phi) is 2.95. The number of pyridine rings is 2. The summed E-state index contributed by atoms with van der Waals surface area (Å²) in [5.41, 5.74) is 7.62. The molecular formula is C15H13N3O2. The van der Waals surface area contributed by atoms with Gasteiger partial charge in [-0.25, -0.2) is 9.78 Å². The summed E-state index contributed by atoms with van der Waals surface area (Å²) >= 11 is 0. The van der Waals surface area contributed by atoms with Crippen LogP contribution in [0, 0.1) is 0 Å². The van der Waals surface area contributed by atoms with Crippen molar-refractivity contribution in [2.24, 2.45) is 0 Å². The number of hydrogen-bond donors (Lipinski definition) is 1. The van der Waals surface area contributed by atoms with E-state index in [1.165, 1.54) is 0 Å². The van der Waals surface area contributed by atoms with E-state index in [4.69, 9.17) is 10.5 Å². The number of benzene rings is 1. The van der Waals surface area contributed by atoms with Gasteiger partial charge in [-0.2, -0.15) is 0 Å². The third-order valence-electron chi connectivity index (χ3n) is 3.10. The molecule has 1 aromatic carbocycles. The lowest BCUT2D eigenvalue weighted by Crippen LogP contribution is -2.09. The van der Waals surface area contributed by atoms with Crippen LogP contribution in [0.4, 0.5) is 5.82 Å². The van der Waals surface area contributed by atoms with E-state index in [1.54, 1.807) is 19.2 Å². The van der Waals surface area contributed by atoms with Gasteiger partial charge in [0, 0.05) is 10.8 Å². The van der Waals surface area contributed by atoms with Crippen LogP contribution in [-0.2, 0) is 4.74 Å². The number of ether oxygens (including phenoxy) is 1. The topological polar surface area (TPSA) is 78.1 Å². The van der Waals surface area contributed by atoms with Crippen LogP contribution in [-0.4, -0.2) is 22.5 Å². The highest BCUT2D eigenvalue weighted by atomic mass is 16.5. The van der Waals surface area contributed by atoms with Crippen molar-refractivity contribution in [3.8, 4) is 0 Å². The Morgan fingerprint density at radius 3 is 2.85 bits per heavy atom. The summed E-state index contributed by atoms with van der Waals surface area (Å²) in [6.07, 6.45) is 1.66. The van der Waals surface area contributed by atoms with Crippen molar-refractivity contribution in [3.05, 3.63) is 42.1 Å². The molecule has 2 aromatic heterocycles. The molecule has 0 aliphatic heterocycles. The predicted molar refractivity (Wildman–Crippen MR) is 77.4 cm³/mol. The molecule has 0 aliphatic rings. The number of nitrogen functional groups attached to an aromatic ring is 1. The van der Waals surface area contributed by atoms with Crippen molar-refractivity contribution >= 4 is 33.6 Å². The number of para-hydroxylation sites is 1. The lowest BCUT2D eigenvalue weighted by Gasteiger charge is -2.08. The lowest BCUT2D eigenvalue weighted by molar-refractivity contribution is 0.0527. The fraction of sp³-hybridized carbons (Fsp3) is 0.133. The summed E-state index contributed by atoms with van der Waals surface area (Å²) < 4.78 is 5.00. The van der Waals surface area contributed by atoms with Crippen LogP contribution in [0.5, 0.6) is 0 Å². The molecule has 0 fully saturated rings. The fourth-order valence-electron chi connectivity index (χ4n) is 2.17. The Bertz CT molecular complexity index is 815. The minimum Gasteiger partial charge on any atom is -0.462 e. The first-order valence-electron chi connectivity index (χ1n) is 6.32. The van der Waals surface area contributed by atoms with E-state index in [1.807, 2.05) is 24.3 Å². The van der Waals surface area contributed by atoms with Crippen LogP contribution in [0.15, 0.2) is 36.5 Å². The largest absolute Gasteiger partial charge is 0.462 e. The normalized spacial score (nSPS) is 10.8. The van der Waals surface area contributed by atoms with Gasteiger partial charge in [0.2, 0.25) is 0 Å². The summed E-state index contributed by atoms with van der Waals surface area (Å²) in [6, 6.07) is 9.41. The molecule has 5 heteroatoms. The Labute approximate surface area is 115 Å². The van der Waals surface area contributed by atoms with E-state index in [2.05, 4.69) is 9.97 Å². The molecule has 0 spiro atoms. The summed E-state index contributed by atoms with van der Waals surface area (Å²) in [5.74, 6) is -0.298. The number of anilines is 1. The Hall–Kier alpha value is -2.69. The number of aromatic nitrogens is 2. The lowest BCUT2D eigenvalue weighted by atomic mass is 10.1. The maximum absolute atomic E-state index is 11.9. The molecule has 0 amide bonds. The van der Waals surface area contributed by atoms with Gasteiger partial charge >= 0.3 is 5.97 Å². The van der Waals surface area contributed by atoms with Gasteiger partial charge in [-0.3, -0.25) is 4.98 Å². The number of carbonyl (C=O) groups excluding carboxylic acids is 1. The second kappa shape index (κ2) is 4.77. The number of esters is 1. The minimum atomic E-state index is -0.458. The average Bonchev–Trinajstić information content (AvgIpc) is 2.46. The first-order valence-corrected chi connectivity index (χ1v) is 6.32. The molecular weight excluding hydrogens is 254 g/mol. The van der Waals surface area contributed by atoms with Crippen molar-refractivity contribution in [3.63, 3.8) is 0 Å². The first kappa shape index (κ1) is 12.3. The number of nitrogens with two attached hydrogens (primary N) is 1. The summed E-state index contributed by atoms with van der Waals surface area (Å²) in [6.45, 7) is 2.05. The van der Waals surface area contributed by atoms with Crippen LogP contribution in [0.2, 0.25) is 0 Å². The van der Waals surface area contributed by atoms with Gasteiger partial charge in [0.1, 0.15) is 11.4 Å². The van der Waals surface area contributed by atoms with Gasteiger partial charge in [-0.15, -0.1) is 0 Å². The van der Waals surface area contributed by atoms with E-state index >= 15 is 0 Å². The zero-order valence-electron chi connectivity index (χ0n) is 11.0. The van der Waals surface area contributed by atoms with Crippen LogP contribution < -0.4 is 5.73 Å². The van der Waals surface area contributed by atoms with Crippen LogP contribution in [0.25, 0.3) is 21.8 Å². The smallest absolute Gasteiger partial charge is 0.341 e. The molecule has 0 aliphatic carbocycles. The monoisotopic (exact) mass is 267 g/mol. The number of rotatable bonds is 2. The molecule has 0 unspecified atom stereocenters. The standard InChI is InChI=1S/C15H13N3O2/c1-2-20-15(19)11-7-10-9-5-3-4-6-12(9)17-8-13(10)18-14(11)16/h3-8H,2H2,1H3,(H2,16,18). The summed E-state index contributed by atoms with van der Waals surface area (Å²) in [7, 11) is 0. The molecule has 20 heavy (non-hydrogen) atoms. The van der Waals surface area contributed by atoms with Gasteiger partial charge in [-0.1, -0.05) is 18.2 Å². The molecule has 3 aromatic rings. The maximum atomic E-state index is 11.9. The van der Waals surface area contributed by atoms with Gasteiger partial charge < -0.3 is 10.5 Å². The van der Waals surface area contributed by atoms with Crippen LogP contribution >= 0.6 is 0 Å². The summed E-state index contributed by atoms with van der Waals surface area (Å²) in [5, 5.41) is 1.77. The summed E-state index contributed by atoms with van der Waals surface area (Å²) in [4.78, 5) is 20.5. The minimum absolute atomic E-state index is 0.160. The SMILES string of the molecule is CCOC(=O)c1cc2c(cnc3ccccc32)nc1N. The molecule has 2 heterocycles. The number of nitrogens with zero attached hydrogens (tertiary/aromatic N) is 2. The van der Waals surface area contributed by atoms with E-state index in [-0.39, 0.29) is 11.4 Å². The molecule has 0 atom stereocenters. The molecule has 2 N–H and O–H groups in total. The molecule has 0 radical (unpaired) electrons. The van der Waals surface area contributed by atoms with Gasteiger partial charge in [-0.05, 0) is 19.1 Å². The molecule has 0 saturated heterocycles. The van der Waals surface area contributed by atoms with Crippen molar-refractivity contribution < 1.29 is 9.53 Å². The van der Waals surface area contributed by atoms with Crippen molar-refractivity contribution in [1.82, 2.24) is 9.97 Å². The number of fused-ring (bicyclic) bond motifs is 3. The van der Waals surface area contributed by atoms with Crippen molar-refractivity contribution in [2.45, 2.75) is 6.92 Å². The van der Waals surface area contributed by atoms with E-state index in [9.17, 15) is 4.79 Å². The molecule has 5 nitrogen and oxygen atoms in total. The van der Waals surface area contributed by atoms with Gasteiger partial charge in [0.25, 0.3) is 0 Å². The van der Waals surface area contributed by atoms with E-state index < -0.39 is 5.97 Å². The second-order valence-electron chi connectivity index (χ2n) is 4.35. The Balaban J connectivity index is 2.31. The second-order valence-corrected chi connectivity index (χ2v) is 4.35. The average molecular weight is 267 g/mol. The maximum Gasteiger partial charge on any atom is 0.341 e. The molecule has 3 rings (SSSR count). The zero-order valence-corrected chi connectivity index (χ0v) is 11.0. The quantitative estimate of drug-likeness (QED) is 0.570. The highest BCUT2D eigenvalue weighted by Gasteiger charge is 2.14. The van der Waals surface area contributed by atoms with Crippen LogP contribution in [0.3, 0.4) is 0 Å². The molecule has 0 saturated carbocycles.